The van der Waals surface area contributed by atoms with Crippen LogP contribution in [0.3, 0.4) is 0 Å². The van der Waals surface area contributed by atoms with Crippen molar-refractivity contribution in [2.45, 2.75) is 77.9 Å². The van der Waals surface area contributed by atoms with E-state index in [0.717, 1.165) is 0 Å². The topological polar surface area (TPSA) is 177 Å². The molecule has 0 aromatic rings. The van der Waals surface area contributed by atoms with Crippen molar-refractivity contribution >= 4 is 23.7 Å². The molecule has 0 spiro atoms. The molecule has 0 aliphatic carbocycles. The van der Waals surface area contributed by atoms with Crippen molar-refractivity contribution < 1.29 is 24.3 Å². The Bertz CT molecular complexity index is 570. The number of rotatable bonds is 15. The van der Waals surface area contributed by atoms with Crippen LogP contribution in [0.1, 0.15) is 59.8 Å². The Labute approximate surface area is 178 Å². The van der Waals surface area contributed by atoms with E-state index < -0.39 is 41.8 Å². The molecule has 0 radical (unpaired) electrons. The number of aliphatic carboxylic acids is 1. The molecule has 0 aliphatic rings. The molecule has 0 bridgehead atoms. The molecule has 174 valence electrons. The second kappa shape index (κ2) is 14.7. The average Bonchev–Trinajstić information content (AvgIpc) is 2.69. The zero-order chi connectivity index (χ0) is 23.3. The van der Waals surface area contributed by atoms with Gasteiger partial charge in [0, 0.05) is 0 Å². The fraction of sp³-hybridized carbons (Fsp3) is 0.800. The van der Waals surface area contributed by atoms with Crippen LogP contribution < -0.4 is 27.4 Å². The summed E-state index contributed by atoms with van der Waals surface area (Å²) < 4.78 is 0. The Morgan fingerprint density at radius 3 is 1.97 bits per heavy atom. The Kier molecular flexibility index (Phi) is 13.7. The number of carboxylic acid groups (broad SMARTS) is 1. The molecule has 0 heterocycles. The normalized spacial score (nSPS) is 15.0. The minimum Gasteiger partial charge on any atom is -0.480 e. The summed E-state index contributed by atoms with van der Waals surface area (Å²) in [5.74, 6) is -2.78. The Morgan fingerprint density at radius 2 is 1.50 bits per heavy atom. The third-order valence-electron chi connectivity index (χ3n) is 4.90. The van der Waals surface area contributed by atoms with E-state index >= 15 is 0 Å². The van der Waals surface area contributed by atoms with Crippen molar-refractivity contribution in [1.29, 1.82) is 0 Å². The van der Waals surface area contributed by atoms with Crippen molar-refractivity contribution in [3.63, 3.8) is 0 Å². The van der Waals surface area contributed by atoms with E-state index in [0.29, 0.717) is 32.2 Å². The molecule has 0 aromatic heterocycles. The van der Waals surface area contributed by atoms with Gasteiger partial charge in [-0.25, -0.2) is 4.79 Å². The number of carbonyl (C=O) groups is 4. The highest BCUT2D eigenvalue weighted by Gasteiger charge is 2.31. The predicted molar refractivity (Wildman–Crippen MR) is 114 cm³/mol. The maximum atomic E-state index is 12.9. The van der Waals surface area contributed by atoms with Gasteiger partial charge < -0.3 is 32.5 Å². The highest BCUT2D eigenvalue weighted by atomic mass is 16.4. The molecule has 10 heteroatoms. The number of nitrogens with one attached hydrogen (secondary N) is 3. The maximum absolute atomic E-state index is 12.9. The zero-order valence-corrected chi connectivity index (χ0v) is 18.6. The molecule has 0 fully saturated rings. The summed E-state index contributed by atoms with van der Waals surface area (Å²) in [6.07, 6.45) is 2.45. The van der Waals surface area contributed by atoms with E-state index in [1.807, 2.05) is 27.7 Å². The summed E-state index contributed by atoms with van der Waals surface area (Å²) in [7, 11) is 0. The first kappa shape index (κ1) is 27.8. The highest BCUT2D eigenvalue weighted by Crippen LogP contribution is 2.11. The Morgan fingerprint density at radius 1 is 0.900 bits per heavy atom. The van der Waals surface area contributed by atoms with Crippen LogP contribution in [0.5, 0.6) is 0 Å². The van der Waals surface area contributed by atoms with Gasteiger partial charge in [-0.15, -0.1) is 0 Å². The number of carboxylic acids is 1. The molecule has 0 aliphatic heterocycles. The average molecular weight is 430 g/mol. The molecular weight excluding hydrogens is 390 g/mol. The molecule has 0 saturated carbocycles. The lowest BCUT2D eigenvalue weighted by Gasteiger charge is -2.27. The molecule has 4 unspecified atom stereocenters. The van der Waals surface area contributed by atoms with E-state index in [1.54, 1.807) is 0 Å². The van der Waals surface area contributed by atoms with Gasteiger partial charge in [0.15, 0.2) is 0 Å². The highest BCUT2D eigenvalue weighted by molar-refractivity contribution is 5.93. The minimum atomic E-state index is -1.13. The van der Waals surface area contributed by atoms with E-state index in [2.05, 4.69) is 16.0 Å². The standard InChI is InChI=1S/C20H39N5O5/c1-5-13(4)17(25-16(26)11-22)19(28)23-14(8-6-7-9-21)18(27)24-15(20(29)30)10-12(2)3/h12-15,17H,5-11,21-22H2,1-4H3,(H,23,28)(H,24,27)(H,25,26)(H,29,30). The van der Waals surface area contributed by atoms with Gasteiger partial charge in [-0.3, -0.25) is 14.4 Å². The zero-order valence-electron chi connectivity index (χ0n) is 18.6. The molecule has 0 aromatic carbocycles. The van der Waals surface area contributed by atoms with Gasteiger partial charge in [0.2, 0.25) is 17.7 Å². The molecule has 4 atom stereocenters. The Hall–Kier alpha value is -2.20. The van der Waals surface area contributed by atoms with Gasteiger partial charge in [0.25, 0.3) is 0 Å². The largest absolute Gasteiger partial charge is 0.480 e. The Balaban J connectivity index is 5.41. The van der Waals surface area contributed by atoms with E-state index in [-0.39, 0.29) is 24.8 Å². The van der Waals surface area contributed by atoms with Crippen molar-refractivity contribution in [1.82, 2.24) is 16.0 Å². The third kappa shape index (κ3) is 10.5. The lowest BCUT2D eigenvalue weighted by Crippen LogP contribution is -2.57. The number of hydrogen-bond acceptors (Lipinski definition) is 6. The summed E-state index contributed by atoms with van der Waals surface area (Å²) in [4.78, 5) is 48.8. The van der Waals surface area contributed by atoms with Gasteiger partial charge in [-0.05, 0) is 44.1 Å². The number of carbonyl (C=O) groups excluding carboxylic acids is 3. The van der Waals surface area contributed by atoms with Crippen LogP contribution in [0.25, 0.3) is 0 Å². The number of nitrogens with two attached hydrogens (primary N) is 2. The first-order valence-corrected chi connectivity index (χ1v) is 10.6. The van der Waals surface area contributed by atoms with Crippen LogP contribution >= 0.6 is 0 Å². The van der Waals surface area contributed by atoms with Crippen molar-refractivity contribution in [3.05, 3.63) is 0 Å². The maximum Gasteiger partial charge on any atom is 0.326 e. The molecule has 30 heavy (non-hydrogen) atoms. The van der Waals surface area contributed by atoms with Crippen LogP contribution in [0.4, 0.5) is 0 Å². The van der Waals surface area contributed by atoms with Crippen molar-refractivity contribution in [3.8, 4) is 0 Å². The molecule has 3 amide bonds. The van der Waals surface area contributed by atoms with Gasteiger partial charge >= 0.3 is 5.97 Å². The smallest absolute Gasteiger partial charge is 0.326 e. The lowest BCUT2D eigenvalue weighted by molar-refractivity contribution is -0.143. The fourth-order valence-electron chi connectivity index (χ4n) is 2.92. The molecule has 0 saturated heterocycles. The SMILES string of the molecule is CCC(C)C(NC(=O)CN)C(=O)NC(CCCCN)C(=O)NC(CC(C)C)C(=O)O. The molecule has 0 rings (SSSR count). The number of hydrogen-bond donors (Lipinski definition) is 6. The summed E-state index contributed by atoms with van der Waals surface area (Å²) in [5, 5.41) is 17.2. The monoisotopic (exact) mass is 429 g/mol. The van der Waals surface area contributed by atoms with E-state index in [1.165, 1.54) is 0 Å². The summed E-state index contributed by atoms with van der Waals surface area (Å²) in [6.45, 7) is 7.60. The lowest BCUT2D eigenvalue weighted by atomic mass is 9.97. The quantitative estimate of drug-likeness (QED) is 0.194. The van der Waals surface area contributed by atoms with Crippen LogP contribution in [-0.2, 0) is 19.2 Å². The van der Waals surface area contributed by atoms with Gasteiger partial charge in [0.1, 0.15) is 18.1 Å². The van der Waals surface area contributed by atoms with Gasteiger partial charge in [-0.1, -0.05) is 34.1 Å². The molecule has 10 nitrogen and oxygen atoms in total. The van der Waals surface area contributed by atoms with Crippen LogP contribution in [0, 0.1) is 11.8 Å². The van der Waals surface area contributed by atoms with Crippen LogP contribution in [0.2, 0.25) is 0 Å². The molecule has 8 N–H and O–H groups in total. The number of unbranched alkanes of at least 4 members (excludes halogenated alkanes) is 1. The first-order valence-electron chi connectivity index (χ1n) is 10.6. The van der Waals surface area contributed by atoms with Crippen molar-refractivity contribution in [2.75, 3.05) is 13.1 Å². The van der Waals surface area contributed by atoms with Gasteiger partial charge in [0.05, 0.1) is 6.54 Å². The fourth-order valence-corrected chi connectivity index (χ4v) is 2.92. The third-order valence-corrected chi connectivity index (χ3v) is 4.90. The van der Waals surface area contributed by atoms with Crippen LogP contribution in [0.15, 0.2) is 0 Å². The second-order valence-corrected chi connectivity index (χ2v) is 8.01. The number of amides is 3. The van der Waals surface area contributed by atoms with Crippen molar-refractivity contribution in [2.24, 2.45) is 23.3 Å². The predicted octanol–water partition coefficient (Wildman–Crippen LogP) is -0.295. The van der Waals surface area contributed by atoms with Gasteiger partial charge in [-0.2, -0.15) is 0 Å². The summed E-state index contributed by atoms with van der Waals surface area (Å²) in [6, 6.07) is -2.82. The second-order valence-electron chi connectivity index (χ2n) is 8.01. The van der Waals surface area contributed by atoms with E-state index in [9.17, 15) is 24.3 Å². The van der Waals surface area contributed by atoms with E-state index in [4.69, 9.17) is 11.5 Å². The minimum absolute atomic E-state index is 0.0675. The summed E-state index contributed by atoms with van der Waals surface area (Å²) >= 11 is 0. The first-order chi connectivity index (χ1) is 14.1. The molecular formula is C20H39N5O5. The summed E-state index contributed by atoms with van der Waals surface area (Å²) in [5.41, 5.74) is 10.9. The van der Waals surface area contributed by atoms with Crippen LogP contribution in [-0.4, -0.2) is 60.0 Å².